The minimum Gasteiger partial charge on any atom is -0.373 e. The zero-order valence-corrected chi connectivity index (χ0v) is 13.9. The summed E-state index contributed by atoms with van der Waals surface area (Å²) in [5, 5.41) is 2.60. The van der Waals surface area contributed by atoms with E-state index in [1.165, 1.54) is 21.8 Å². The first-order chi connectivity index (χ1) is 9.74. The van der Waals surface area contributed by atoms with Crippen LogP contribution >= 0.6 is 31.9 Å². The number of aromatic nitrogens is 1. The van der Waals surface area contributed by atoms with E-state index in [-0.39, 0.29) is 0 Å². The van der Waals surface area contributed by atoms with Crippen LogP contribution in [0.1, 0.15) is 6.42 Å². The Morgan fingerprint density at radius 1 is 1.15 bits per heavy atom. The molecule has 102 valence electrons. The van der Waals surface area contributed by atoms with Gasteiger partial charge in [-0.05, 0) is 40.5 Å². The van der Waals surface area contributed by atoms with Crippen LogP contribution in [-0.2, 0) is 11.3 Å². The molecule has 0 saturated carbocycles. The van der Waals surface area contributed by atoms with E-state index in [1.807, 2.05) is 0 Å². The number of aryl methyl sites for hydroxylation is 1. The lowest BCUT2D eigenvalue weighted by molar-refractivity contribution is 0.387. The maximum absolute atomic E-state index is 5.35. The molecular formula is C16H13Br2NO. The average Bonchev–Trinajstić information content (AvgIpc) is 3.20. The first-order valence-corrected chi connectivity index (χ1v) is 8.30. The Balaban J connectivity index is 2.00. The second kappa shape index (κ2) is 4.86. The lowest BCUT2D eigenvalue weighted by atomic mass is 10.2. The van der Waals surface area contributed by atoms with E-state index >= 15 is 0 Å². The summed E-state index contributed by atoms with van der Waals surface area (Å²) >= 11 is 7.31. The highest BCUT2D eigenvalue weighted by atomic mass is 79.9. The number of fused-ring (bicyclic) bond motifs is 3. The molecule has 3 aromatic rings. The molecule has 2 aromatic carbocycles. The van der Waals surface area contributed by atoms with Crippen molar-refractivity contribution < 1.29 is 4.74 Å². The number of para-hydroxylation sites is 1. The minimum absolute atomic E-state index is 0.459. The number of benzene rings is 2. The predicted molar refractivity (Wildman–Crippen MR) is 89.2 cm³/mol. The summed E-state index contributed by atoms with van der Waals surface area (Å²) in [5.41, 5.74) is 2.57. The van der Waals surface area contributed by atoms with Crippen LogP contribution in [0.5, 0.6) is 0 Å². The van der Waals surface area contributed by atoms with Crippen molar-refractivity contribution in [3.05, 3.63) is 45.3 Å². The maximum atomic E-state index is 5.35. The third-order valence-electron chi connectivity index (χ3n) is 3.86. The second-order valence-corrected chi connectivity index (χ2v) is 6.97. The van der Waals surface area contributed by atoms with Crippen LogP contribution in [0, 0.1) is 0 Å². The highest BCUT2D eigenvalue weighted by molar-refractivity contribution is 9.11. The molecule has 0 aliphatic carbocycles. The molecule has 0 radical (unpaired) electrons. The van der Waals surface area contributed by atoms with E-state index in [0.717, 1.165) is 28.5 Å². The van der Waals surface area contributed by atoms with Gasteiger partial charge in [-0.15, -0.1) is 0 Å². The fraction of sp³-hybridized carbons (Fsp3) is 0.250. The average molecular weight is 395 g/mol. The summed E-state index contributed by atoms with van der Waals surface area (Å²) in [6.45, 7) is 1.92. The molecular weight excluding hydrogens is 382 g/mol. The van der Waals surface area contributed by atoms with Gasteiger partial charge in [0.05, 0.1) is 18.2 Å². The number of epoxide rings is 1. The molecule has 0 N–H and O–H groups in total. The standard InChI is InChI=1S/C16H13Br2NO/c17-10-7-13-12-3-1-2-4-15(12)19(6-5-11-9-20-11)16(13)14(18)8-10/h1-4,7-8,11H,5-6,9H2. The van der Waals surface area contributed by atoms with Gasteiger partial charge in [0.15, 0.2) is 0 Å². The zero-order valence-electron chi connectivity index (χ0n) is 10.8. The van der Waals surface area contributed by atoms with E-state index in [2.05, 4.69) is 72.8 Å². The van der Waals surface area contributed by atoms with Gasteiger partial charge in [-0.25, -0.2) is 0 Å². The van der Waals surface area contributed by atoms with Crippen LogP contribution in [0.2, 0.25) is 0 Å². The lowest BCUT2D eigenvalue weighted by Gasteiger charge is -2.07. The monoisotopic (exact) mass is 393 g/mol. The minimum atomic E-state index is 0.459. The number of rotatable bonds is 3. The first-order valence-electron chi connectivity index (χ1n) is 6.71. The van der Waals surface area contributed by atoms with Crippen LogP contribution in [0.15, 0.2) is 45.3 Å². The quantitative estimate of drug-likeness (QED) is 0.564. The van der Waals surface area contributed by atoms with E-state index < -0.39 is 0 Å². The van der Waals surface area contributed by atoms with Crippen LogP contribution in [0.3, 0.4) is 0 Å². The fourth-order valence-electron chi connectivity index (χ4n) is 2.84. The van der Waals surface area contributed by atoms with Crippen LogP contribution in [0.4, 0.5) is 0 Å². The van der Waals surface area contributed by atoms with Crippen LogP contribution < -0.4 is 0 Å². The summed E-state index contributed by atoms with van der Waals surface area (Å²) in [6.07, 6.45) is 1.54. The van der Waals surface area contributed by atoms with Crippen molar-refractivity contribution in [2.75, 3.05) is 6.61 Å². The van der Waals surface area contributed by atoms with Gasteiger partial charge < -0.3 is 9.30 Å². The number of ether oxygens (including phenoxy) is 1. The van der Waals surface area contributed by atoms with Crippen molar-refractivity contribution in [2.45, 2.75) is 19.1 Å². The highest BCUT2D eigenvalue weighted by Gasteiger charge is 2.23. The van der Waals surface area contributed by atoms with Gasteiger partial charge in [0.25, 0.3) is 0 Å². The summed E-state index contributed by atoms with van der Waals surface area (Å²) in [7, 11) is 0. The zero-order chi connectivity index (χ0) is 13.7. The molecule has 1 unspecified atom stereocenters. The van der Waals surface area contributed by atoms with Crippen molar-refractivity contribution in [2.24, 2.45) is 0 Å². The Hall–Kier alpha value is -0.840. The SMILES string of the molecule is Brc1cc(Br)c2c(c1)c1ccccc1n2CCC1CO1. The van der Waals surface area contributed by atoms with Gasteiger partial charge in [0.1, 0.15) is 0 Å². The predicted octanol–water partition coefficient (Wildman–Crippen LogP) is 5.11. The van der Waals surface area contributed by atoms with E-state index in [4.69, 9.17) is 4.74 Å². The molecule has 1 saturated heterocycles. The molecule has 1 atom stereocenters. The van der Waals surface area contributed by atoms with Crippen molar-refractivity contribution in [1.29, 1.82) is 0 Å². The third kappa shape index (κ3) is 2.10. The Morgan fingerprint density at radius 2 is 1.95 bits per heavy atom. The van der Waals surface area contributed by atoms with E-state index in [0.29, 0.717) is 6.10 Å². The summed E-state index contributed by atoms with van der Waals surface area (Å²) in [4.78, 5) is 0. The molecule has 4 rings (SSSR count). The molecule has 2 heterocycles. The Kier molecular flexibility index (Phi) is 3.13. The van der Waals surface area contributed by atoms with Crippen LogP contribution in [0.25, 0.3) is 21.8 Å². The van der Waals surface area contributed by atoms with Gasteiger partial charge in [-0.1, -0.05) is 34.1 Å². The van der Waals surface area contributed by atoms with Gasteiger partial charge in [0, 0.05) is 31.8 Å². The Labute approximate surface area is 134 Å². The van der Waals surface area contributed by atoms with E-state index in [1.54, 1.807) is 0 Å². The molecule has 0 spiro atoms. The second-order valence-electron chi connectivity index (χ2n) is 5.20. The molecule has 20 heavy (non-hydrogen) atoms. The molecule has 0 amide bonds. The molecule has 2 nitrogen and oxygen atoms in total. The van der Waals surface area contributed by atoms with Crippen molar-refractivity contribution in [3.63, 3.8) is 0 Å². The van der Waals surface area contributed by atoms with Gasteiger partial charge in [-0.3, -0.25) is 0 Å². The number of hydrogen-bond acceptors (Lipinski definition) is 1. The number of nitrogens with zero attached hydrogens (tertiary/aromatic N) is 1. The normalized spacial score (nSPS) is 18.0. The Bertz CT molecular complexity index is 805. The molecule has 0 bridgehead atoms. The summed E-state index contributed by atoms with van der Waals surface area (Å²) < 4.78 is 9.99. The topological polar surface area (TPSA) is 17.5 Å². The van der Waals surface area contributed by atoms with Crippen LogP contribution in [-0.4, -0.2) is 17.3 Å². The molecule has 1 aliphatic heterocycles. The van der Waals surface area contributed by atoms with Crippen molar-refractivity contribution >= 4 is 53.7 Å². The molecule has 1 aromatic heterocycles. The van der Waals surface area contributed by atoms with Gasteiger partial charge >= 0.3 is 0 Å². The molecule has 4 heteroatoms. The van der Waals surface area contributed by atoms with Gasteiger partial charge in [-0.2, -0.15) is 0 Å². The third-order valence-corrected chi connectivity index (χ3v) is 4.92. The van der Waals surface area contributed by atoms with E-state index in [9.17, 15) is 0 Å². The smallest absolute Gasteiger partial charge is 0.0826 e. The number of halogens is 2. The lowest BCUT2D eigenvalue weighted by Crippen LogP contribution is -2.01. The highest BCUT2D eigenvalue weighted by Crippen LogP contribution is 2.36. The summed E-state index contributed by atoms with van der Waals surface area (Å²) in [6, 6.07) is 12.9. The van der Waals surface area contributed by atoms with Crippen molar-refractivity contribution in [1.82, 2.24) is 4.57 Å². The first kappa shape index (κ1) is 12.9. The molecule has 1 fully saturated rings. The van der Waals surface area contributed by atoms with Crippen molar-refractivity contribution in [3.8, 4) is 0 Å². The maximum Gasteiger partial charge on any atom is 0.0826 e. The number of hydrogen-bond donors (Lipinski definition) is 0. The Morgan fingerprint density at radius 3 is 2.75 bits per heavy atom. The van der Waals surface area contributed by atoms with Gasteiger partial charge in [0.2, 0.25) is 0 Å². The fourth-order valence-corrected chi connectivity index (χ4v) is 4.28. The summed E-state index contributed by atoms with van der Waals surface area (Å²) in [5.74, 6) is 0. The largest absolute Gasteiger partial charge is 0.373 e. The molecule has 1 aliphatic rings.